The van der Waals surface area contributed by atoms with Crippen molar-refractivity contribution in [3.63, 3.8) is 0 Å². The SMILES string of the molecule is COC12[C@H]3[C@H]4CCO[C@H]4[C@@H]1C=C[C@H]32. The molecule has 3 fully saturated rings. The van der Waals surface area contributed by atoms with E-state index in [1.165, 1.54) is 6.42 Å². The van der Waals surface area contributed by atoms with Crippen LogP contribution in [0, 0.1) is 23.7 Å². The molecule has 0 spiro atoms. The smallest absolute Gasteiger partial charge is 0.0870 e. The van der Waals surface area contributed by atoms with Gasteiger partial charge in [-0.3, -0.25) is 0 Å². The van der Waals surface area contributed by atoms with Crippen molar-refractivity contribution in [3.8, 4) is 0 Å². The fourth-order valence-corrected chi connectivity index (χ4v) is 4.30. The van der Waals surface area contributed by atoms with Crippen LogP contribution in [0.25, 0.3) is 0 Å². The van der Waals surface area contributed by atoms with Crippen molar-refractivity contribution in [1.29, 1.82) is 0 Å². The van der Waals surface area contributed by atoms with Crippen molar-refractivity contribution >= 4 is 0 Å². The summed E-state index contributed by atoms with van der Waals surface area (Å²) in [5.74, 6) is 2.88. The van der Waals surface area contributed by atoms with Crippen LogP contribution in [0.15, 0.2) is 12.2 Å². The largest absolute Gasteiger partial charge is 0.377 e. The third kappa shape index (κ3) is 0.522. The highest BCUT2D eigenvalue weighted by Gasteiger charge is 2.80. The van der Waals surface area contributed by atoms with Crippen LogP contribution in [0.3, 0.4) is 0 Å². The fourth-order valence-electron chi connectivity index (χ4n) is 4.30. The molecular formula is C11H14O2. The van der Waals surface area contributed by atoms with E-state index in [0.29, 0.717) is 12.0 Å². The molecule has 2 heteroatoms. The van der Waals surface area contributed by atoms with Crippen LogP contribution in [0.2, 0.25) is 0 Å². The molecule has 0 bridgehead atoms. The Bertz CT molecular complexity index is 298. The van der Waals surface area contributed by atoms with E-state index in [1.54, 1.807) is 0 Å². The molecule has 0 aromatic carbocycles. The zero-order valence-electron chi connectivity index (χ0n) is 7.77. The molecule has 1 unspecified atom stereocenters. The molecule has 1 aliphatic heterocycles. The number of ether oxygens (including phenoxy) is 2. The molecule has 4 aliphatic rings. The summed E-state index contributed by atoms with van der Waals surface area (Å²) in [5, 5.41) is 0. The highest BCUT2D eigenvalue weighted by atomic mass is 16.5. The molecule has 2 nitrogen and oxygen atoms in total. The van der Waals surface area contributed by atoms with Gasteiger partial charge in [0.2, 0.25) is 0 Å². The van der Waals surface area contributed by atoms with E-state index in [9.17, 15) is 0 Å². The Morgan fingerprint density at radius 3 is 3.08 bits per heavy atom. The van der Waals surface area contributed by atoms with Gasteiger partial charge in [0.05, 0.1) is 11.7 Å². The van der Waals surface area contributed by atoms with E-state index < -0.39 is 0 Å². The third-order valence-electron chi connectivity index (χ3n) is 4.72. The van der Waals surface area contributed by atoms with Crippen LogP contribution in [0.1, 0.15) is 6.42 Å². The molecule has 2 saturated carbocycles. The quantitative estimate of drug-likeness (QED) is 0.562. The van der Waals surface area contributed by atoms with E-state index >= 15 is 0 Å². The monoisotopic (exact) mass is 178 g/mol. The topological polar surface area (TPSA) is 18.5 Å². The highest BCUT2D eigenvalue weighted by molar-refractivity contribution is 5.40. The van der Waals surface area contributed by atoms with Gasteiger partial charge in [0.25, 0.3) is 0 Å². The highest BCUT2D eigenvalue weighted by Crippen LogP contribution is 2.74. The Labute approximate surface area is 77.9 Å². The lowest BCUT2D eigenvalue weighted by Crippen LogP contribution is -2.29. The molecule has 0 amide bonds. The predicted octanol–water partition coefficient (Wildman–Crippen LogP) is 1.22. The van der Waals surface area contributed by atoms with Crippen molar-refractivity contribution in [3.05, 3.63) is 12.2 Å². The summed E-state index contributed by atoms with van der Waals surface area (Å²) in [6, 6.07) is 0. The average Bonchev–Trinajstić information content (AvgIpc) is 2.56. The Hall–Kier alpha value is -0.340. The molecule has 13 heavy (non-hydrogen) atoms. The molecule has 4 rings (SSSR count). The Balaban J connectivity index is 1.82. The average molecular weight is 178 g/mol. The van der Waals surface area contributed by atoms with Crippen LogP contribution in [0.5, 0.6) is 0 Å². The van der Waals surface area contributed by atoms with E-state index in [4.69, 9.17) is 9.47 Å². The lowest BCUT2D eigenvalue weighted by molar-refractivity contribution is -0.00545. The first kappa shape index (κ1) is 7.02. The van der Waals surface area contributed by atoms with Gasteiger partial charge in [-0.15, -0.1) is 0 Å². The van der Waals surface area contributed by atoms with Gasteiger partial charge in [0.15, 0.2) is 0 Å². The summed E-state index contributed by atoms with van der Waals surface area (Å²) in [7, 11) is 1.87. The summed E-state index contributed by atoms with van der Waals surface area (Å²) in [6.07, 6.45) is 6.44. The number of methoxy groups -OCH3 is 1. The minimum absolute atomic E-state index is 0.190. The first-order valence-corrected chi connectivity index (χ1v) is 5.24. The van der Waals surface area contributed by atoms with Crippen molar-refractivity contribution in [2.24, 2.45) is 23.7 Å². The molecule has 1 heterocycles. The second-order valence-corrected chi connectivity index (χ2v) is 4.81. The molecule has 0 radical (unpaired) electrons. The fraction of sp³-hybridized carbons (Fsp3) is 0.818. The minimum atomic E-state index is 0.190. The first-order chi connectivity index (χ1) is 6.39. The second-order valence-electron chi connectivity index (χ2n) is 4.81. The maximum atomic E-state index is 5.80. The van der Waals surface area contributed by atoms with Gasteiger partial charge in [0, 0.05) is 31.5 Å². The van der Waals surface area contributed by atoms with Crippen molar-refractivity contribution in [2.45, 2.75) is 18.1 Å². The molecule has 6 atom stereocenters. The van der Waals surface area contributed by atoms with Crippen LogP contribution >= 0.6 is 0 Å². The van der Waals surface area contributed by atoms with E-state index in [-0.39, 0.29) is 5.60 Å². The molecule has 1 saturated heterocycles. The lowest BCUT2D eigenvalue weighted by Gasteiger charge is -2.22. The van der Waals surface area contributed by atoms with Gasteiger partial charge in [-0.25, -0.2) is 0 Å². The number of fused-ring (bicyclic) bond motifs is 4. The Kier molecular flexibility index (Phi) is 1.01. The standard InChI is InChI=1S/C11H14O2/c1-12-11-7-2-3-8(11)10-6(9(7)11)4-5-13-10/h2-3,6-10H,4-5H2,1H3/t6-,7-,8+,9+,10-,11?/m1/s1. The maximum absolute atomic E-state index is 5.80. The third-order valence-corrected chi connectivity index (χ3v) is 4.72. The van der Waals surface area contributed by atoms with Crippen LogP contribution < -0.4 is 0 Å². The lowest BCUT2D eigenvalue weighted by atomic mass is 9.94. The molecule has 3 aliphatic carbocycles. The molecule has 0 N–H and O–H groups in total. The molecule has 0 aromatic heterocycles. The molecule has 70 valence electrons. The normalized spacial score (nSPS) is 65.5. The zero-order valence-corrected chi connectivity index (χ0v) is 7.77. The number of rotatable bonds is 1. The summed E-state index contributed by atoms with van der Waals surface area (Å²) in [6.45, 7) is 0.975. The Morgan fingerprint density at radius 1 is 1.38 bits per heavy atom. The minimum Gasteiger partial charge on any atom is -0.377 e. The summed E-state index contributed by atoms with van der Waals surface area (Å²) in [5.41, 5.74) is 0.190. The Morgan fingerprint density at radius 2 is 2.23 bits per heavy atom. The number of hydrogen-bond donors (Lipinski definition) is 0. The van der Waals surface area contributed by atoms with Gasteiger partial charge < -0.3 is 9.47 Å². The molecular weight excluding hydrogens is 164 g/mol. The number of hydrogen-bond acceptors (Lipinski definition) is 2. The maximum Gasteiger partial charge on any atom is 0.0870 e. The predicted molar refractivity (Wildman–Crippen MR) is 47.2 cm³/mol. The van der Waals surface area contributed by atoms with Crippen molar-refractivity contribution < 1.29 is 9.47 Å². The van der Waals surface area contributed by atoms with E-state index in [2.05, 4.69) is 12.2 Å². The van der Waals surface area contributed by atoms with Gasteiger partial charge in [0.1, 0.15) is 0 Å². The van der Waals surface area contributed by atoms with Crippen molar-refractivity contribution in [2.75, 3.05) is 13.7 Å². The zero-order chi connectivity index (χ0) is 8.63. The van der Waals surface area contributed by atoms with Crippen LogP contribution in [-0.4, -0.2) is 25.4 Å². The first-order valence-electron chi connectivity index (χ1n) is 5.24. The van der Waals surface area contributed by atoms with Crippen LogP contribution in [-0.2, 0) is 9.47 Å². The second kappa shape index (κ2) is 1.86. The van der Waals surface area contributed by atoms with Gasteiger partial charge >= 0.3 is 0 Å². The summed E-state index contributed by atoms with van der Waals surface area (Å²) < 4.78 is 11.6. The van der Waals surface area contributed by atoms with Crippen LogP contribution in [0.4, 0.5) is 0 Å². The van der Waals surface area contributed by atoms with E-state index in [1.807, 2.05) is 7.11 Å². The van der Waals surface area contributed by atoms with Gasteiger partial charge in [-0.1, -0.05) is 12.2 Å². The van der Waals surface area contributed by atoms with Gasteiger partial charge in [-0.05, 0) is 12.3 Å². The van der Waals surface area contributed by atoms with Crippen molar-refractivity contribution in [1.82, 2.24) is 0 Å². The van der Waals surface area contributed by atoms with Gasteiger partial charge in [-0.2, -0.15) is 0 Å². The summed E-state index contributed by atoms with van der Waals surface area (Å²) >= 11 is 0. The van der Waals surface area contributed by atoms with E-state index in [0.717, 1.165) is 24.4 Å². The summed E-state index contributed by atoms with van der Waals surface area (Å²) in [4.78, 5) is 0. The molecule has 0 aromatic rings.